The highest BCUT2D eigenvalue weighted by atomic mass is 16.5. The molecule has 76 valence electrons. The van der Waals surface area contributed by atoms with Gasteiger partial charge < -0.3 is 4.74 Å². The molecule has 0 radical (unpaired) electrons. The van der Waals surface area contributed by atoms with E-state index in [4.69, 9.17) is 4.74 Å². The molecule has 3 atom stereocenters. The highest BCUT2D eigenvalue weighted by molar-refractivity contribution is 5.09. The number of ether oxygens (including phenoxy) is 1. The Morgan fingerprint density at radius 2 is 2.00 bits per heavy atom. The molecule has 3 unspecified atom stereocenters. The van der Waals surface area contributed by atoms with Crippen LogP contribution in [0, 0.1) is 16.7 Å². The second-order valence-corrected chi connectivity index (χ2v) is 5.75. The Bertz CT molecular complexity index is 204. The van der Waals surface area contributed by atoms with Crippen molar-refractivity contribution < 1.29 is 4.74 Å². The molecule has 0 N–H and O–H groups in total. The van der Waals surface area contributed by atoms with Crippen LogP contribution >= 0.6 is 0 Å². The van der Waals surface area contributed by atoms with Crippen LogP contribution in [0.15, 0.2) is 0 Å². The third-order valence-corrected chi connectivity index (χ3v) is 4.47. The van der Waals surface area contributed by atoms with Gasteiger partial charge in [-0.05, 0) is 42.9 Å². The second-order valence-electron chi connectivity index (χ2n) is 5.75. The number of hydrogen-bond acceptors (Lipinski definition) is 1. The minimum Gasteiger partial charge on any atom is -0.377 e. The van der Waals surface area contributed by atoms with Crippen molar-refractivity contribution >= 4 is 0 Å². The fourth-order valence-electron chi connectivity index (χ4n) is 3.84. The van der Waals surface area contributed by atoms with E-state index in [-0.39, 0.29) is 0 Å². The molecule has 13 heavy (non-hydrogen) atoms. The van der Waals surface area contributed by atoms with Crippen molar-refractivity contribution in [2.75, 3.05) is 6.61 Å². The van der Waals surface area contributed by atoms with Gasteiger partial charge in [0.15, 0.2) is 0 Å². The van der Waals surface area contributed by atoms with E-state index in [1.165, 1.54) is 19.3 Å². The molecule has 0 aromatic heterocycles. The van der Waals surface area contributed by atoms with Gasteiger partial charge in [-0.3, -0.25) is 0 Å². The van der Waals surface area contributed by atoms with Crippen molar-refractivity contribution in [2.45, 2.75) is 53.1 Å². The number of rotatable bonds is 2. The fraction of sp³-hybridized carbons (Fsp3) is 1.00. The van der Waals surface area contributed by atoms with Gasteiger partial charge >= 0.3 is 0 Å². The summed E-state index contributed by atoms with van der Waals surface area (Å²) in [6, 6.07) is 0. The van der Waals surface area contributed by atoms with Crippen molar-refractivity contribution in [1.29, 1.82) is 0 Å². The summed E-state index contributed by atoms with van der Waals surface area (Å²) in [5.74, 6) is 0.911. The molecule has 0 aromatic carbocycles. The van der Waals surface area contributed by atoms with Gasteiger partial charge in [-0.25, -0.2) is 0 Å². The lowest BCUT2D eigenvalue weighted by atomic mass is 9.70. The Morgan fingerprint density at radius 3 is 2.46 bits per heavy atom. The van der Waals surface area contributed by atoms with Crippen LogP contribution in [-0.4, -0.2) is 12.7 Å². The van der Waals surface area contributed by atoms with E-state index < -0.39 is 0 Å². The molecule has 2 rings (SSSR count). The maximum atomic E-state index is 5.96. The van der Waals surface area contributed by atoms with Crippen LogP contribution in [0.1, 0.15) is 47.0 Å². The predicted molar refractivity (Wildman–Crippen MR) is 54.6 cm³/mol. The summed E-state index contributed by atoms with van der Waals surface area (Å²) in [6.45, 7) is 10.2. The summed E-state index contributed by atoms with van der Waals surface area (Å²) < 4.78 is 5.96. The predicted octanol–water partition coefficient (Wildman–Crippen LogP) is 3.24. The smallest absolute Gasteiger partial charge is 0.0682 e. The van der Waals surface area contributed by atoms with Gasteiger partial charge in [0.2, 0.25) is 0 Å². The fourth-order valence-corrected chi connectivity index (χ4v) is 3.84. The largest absolute Gasteiger partial charge is 0.377 e. The van der Waals surface area contributed by atoms with Crippen LogP contribution in [0.4, 0.5) is 0 Å². The molecule has 1 heteroatoms. The highest BCUT2D eigenvalue weighted by Gasteiger charge is 2.59. The molecule has 2 aliphatic rings. The molecule has 2 aliphatic carbocycles. The van der Waals surface area contributed by atoms with E-state index >= 15 is 0 Å². The van der Waals surface area contributed by atoms with Crippen molar-refractivity contribution in [2.24, 2.45) is 16.7 Å². The molecule has 0 heterocycles. The molecule has 2 bridgehead atoms. The van der Waals surface area contributed by atoms with Crippen LogP contribution < -0.4 is 0 Å². The topological polar surface area (TPSA) is 9.23 Å². The molecular weight excluding hydrogens is 160 g/mol. The minimum absolute atomic E-state index is 0.420. The SMILES string of the molecule is CCOC1C2(C)CCC(C2)C1(C)C. The Morgan fingerprint density at radius 1 is 1.31 bits per heavy atom. The average molecular weight is 182 g/mol. The lowest BCUT2D eigenvalue weighted by Gasteiger charge is -2.42. The summed E-state index contributed by atoms with van der Waals surface area (Å²) in [5.41, 5.74) is 0.910. The molecule has 2 saturated carbocycles. The van der Waals surface area contributed by atoms with Crippen LogP contribution in [0.3, 0.4) is 0 Å². The zero-order valence-corrected chi connectivity index (χ0v) is 9.39. The Labute approximate surface area is 81.9 Å². The molecule has 2 fully saturated rings. The zero-order valence-electron chi connectivity index (χ0n) is 9.39. The molecule has 0 spiro atoms. The first kappa shape index (κ1) is 9.51. The summed E-state index contributed by atoms with van der Waals surface area (Å²) >= 11 is 0. The third-order valence-electron chi connectivity index (χ3n) is 4.47. The van der Waals surface area contributed by atoms with E-state index in [0.29, 0.717) is 16.9 Å². The molecule has 0 aliphatic heterocycles. The van der Waals surface area contributed by atoms with E-state index in [1.54, 1.807) is 0 Å². The standard InChI is InChI=1S/C12H22O/c1-5-13-10-11(2,3)9-6-7-12(10,4)8-9/h9-10H,5-8H2,1-4H3. The average Bonchev–Trinajstić information content (AvgIpc) is 2.50. The first-order valence-electron chi connectivity index (χ1n) is 5.62. The first-order chi connectivity index (χ1) is 6.00. The van der Waals surface area contributed by atoms with Crippen LogP contribution in [0.2, 0.25) is 0 Å². The van der Waals surface area contributed by atoms with Crippen LogP contribution in [0.25, 0.3) is 0 Å². The quantitative estimate of drug-likeness (QED) is 0.637. The second kappa shape index (κ2) is 2.73. The zero-order chi connectivity index (χ0) is 9.69. The normalized spacial score (nSPS) is 47.1. The van der Waals surface area contributed by atoms with Crippen molar-refractivity contribution in [3.05, 3.63) is 0 Å². The van der Waals surface area contributed by atoms with Crippen LogP contribution in [-0.2, 0) is 4.74 Å². The lowest BCUT2D eigenvalue weighted by Crippen LogP contribution is -2.42. The van der Waals surface area contributed by atoms with Gasteiger partial charge in [0.25, 0.3) is 0 Å². The summed E-state index contributed by atoms with van der Waals surface area (Å²) in [7, 11) is 0. The minimum atomic E-state index is 0.420. The van der Waals surface area contributed by atoms with E-state index in [9.17, 15) is 0 Å². The van der Waals surface area contributed by atoms with Crippen LogP contribution in [0.5, 0.6) is 0 Å². The van der Waals surface area contributed by atoms with Gasteiger partial charge in [-0.1, -0.05) is 20.8 Å². The lowest BCUT2D eigenvalue weighted by molar-refractivity contribution is -0.0840. The Balaban J connectivity index is 2.23. The first-order valence-corrected chi connectivity index (χ1v) is 5.62. The summed E-state index contributed by atoms with van der Waals surface area (Å²) in [5, 5.41) is 0. The molecule has 0 saturated heterocycles. The number of fused-ring (bicyclic) bond motifs is 2. The van der Waals surface area contributed by atoms with Gasteiger partial charge in [0.1, 0.15) is 0 Å². The summed E-state index contributed by atoms with van der Waals surface area (Å²) in [6.07, 6.45) is 4.70. The Kier molecular flexibility index (Phi) is 1.99. The van der Waals surface area contributed by atoms with Gasteiger partial charge in [0, 0.05) is 6.61 Å². The Hall–Kier alpha value is -0.0400. The van der Waals surface area contributed by atoms with Gasteiger partial charge in [0.05, 0.1) is 6.10 Å². The van der Waals surface area contributed by atoms with Gasteiger partial charge in [-0.15, -0.1) is 0 Å². The molecule has 0 aromatic rings. The summed E-state index contributed by atoms with van der Waals surface area (Å²) in [4.78, 5) is 0. The van der Waals surface area contributed by atoms with Crippen molar-refractivity contribution in [3.8, 4) is 0 Å². The molecule has 1 nitrogen and oxygen atoms in total. The van der Waals surface area contributed by atoms with E-state index in [1.807, 2.05) is 0 Å². The maximum absolute atomic E-state index is 5.96. The molecular formula is C12H22O. The van der Waals surface area contributed by atoms with E-state index in [2.05, 4.69) is 27.7 Å². The highest BCUT2D eigenvalue weighted by Crippen LogP contribution is 2.63. The maximum Gasteiger partial charge on any atom is 0.0682 e. The van der Waals surface area contributed by atoms with Crippen molar-refractivity contribution in [1.82, 2.24) is 0 Å². The van der Waals surface area contributed by atoms with Gasteiger partial charge in [-0.2, -0.15) is 0 Å². The number of hydrogen-bond donors (Lipinski definition) is 0. The van der Waals surface area contributed by atoms with E-state index in [0.717, 1.165) is 12.5 Å². The monoisotopic (exact) mass is 182 g/mol. The van der Waals surface area contributed by atoms with Crippen molar-refractivity contribution in [3.63, 3.8) is 0 Å². The third kappa shape index (κ3) is 1.16. The molecule has 0 amide bonds.